The average molecular weight is 359 g/mol. The first-order valence-corrected chi connectivity index (χ1v) is 7.81. The lowest BCUT2D eigenvalue weighted by molar-refractivity contribution is -0.394. The fraction of sp³-hybridized carbons (Fsp3) is 0.357. The van der Waals surface area contributed by atoms with Crippen LogP contribution in [-0.4, -0.2) is 57.1 Å². The molecule has 0 saturated carbocycles. The van der Waals surface area contributed by atoms with Crippen molar-refractivity contribution < 1.29 is 9.72 Å². The van der Waals surface area contributed by atoms with E-state index < -0.39 is 10.9 Å². The Morgan fingerprint density at radius 1 is 1.19 bits per heavy atom. The first-order chi connectivity index (χ1) is 12.5. The summed E-state index contributed by atoms with van der Waals surface area (Å²) in [7, 11) is 1.67. The highest BCUT2D eigenvalue weighted by Gasteiger charge is 2.17. The van der Waals surface area contributed by atoms with Gasteiger partial charge in [-0.1, -0.05) is 4.98 Å². The van der Waals surface area contributed by atoms with E-state index in [4.69, 9.17) is 0 Å². The number of carbonyl (C=O) groups excluding carboxylic acids is 1. The zero-order valence-electron chi connectivity index (χ0n) is 14.3. The van der Waals surface area contributed by atoms with E-state index in [1.807, 2.05) is 19.2 Å². The van der Waals surface area contributed by atoms with E-state index in [0.29, 0.717) is 6.54 Å². The molecular weight excluding hydrogens is 342 g/mol. The number of nitro groups is 1. The zero-order valence-corrected chi connectivity index (χ0v) is 14.3. The molecule has 0 radical (unpaired) electrons. The van der Waals surface area contributed by atoms with E-state index in [-0.39, 0.29) is 18.3 Å². The smallest absolute Gasteiger partial charge is 0.390 e. The van der Waals surface area contributed by atoms with Crippen molar-refractivity contribution in [1.82, 2.24) is 39.2 Å². The van der Waals surface area contributed by atoms with Crippen LogP contribution < -0.4 is 0 Å². The van der Waals surface area contributed by atoms with Gasteiger partial charge >= 0.3 is 5.95 Å². The number of rotatable bonds is 7. The Hall–Kier alpha value is -3.57. The van der Waals surface area contributed by atoms with Crippen molar-refractivity contribution in [2.45, 2.75) is 26.7 Å². The Bertz CT molecular complexity index is 926. The summed E-state index contributed by atoms with van der Waals surface area (Å²) in [5.74, 6) is -0.737. The molecule has 0 saturated heterocycles. The molecule has 0 atom stereocenters. The SMILES string of the molecule is CCn1ccc(CN(C)C(=O)c2ccn(Cn3cnc([N+](=O)[O-])n3)n2)n1. The number of hydrogen-bond acceptors (Lipinski definition) is 7. The third-order valence-electron chi connectivity index (χ3n) is 3.60. The lowest BCUT2D eigenvalue weighted by Gasteiger charge is -2.14. The van der Waals surface area contributed by atoms with E-state index in [1.54, 1.807) is 24.0 Å². The molecule has 0 unspecified atom stereocenters. The number of aromatic nitrogens is 7. The summed E-state index contributed by atoms with van der Waals surface area (Å²) in [5, 5.41) is 22.8. The standard InChI is InChI=1S/C14H17N9O3/c1-3-20-6-4-11(16-20)8-19(2)13(24)12-5-7-21(17-12)10-22-9-15-14(18-22)23(25)26/h4-7,9H,3,8,10H2,1-2H3. The van der Waals surface area contributed by atoms with Gasteiger partial charge in [0, 0.05) is 31.1 Å². The molecule has 12 nitrogen and oxygen atoms in total. The van der Waals surface area contributed by atoms with Gasteiger partial charge in [0.1, 0.15) is 5.69 Å². The summed E-state index contributed by atoms with van der Waals surface area (Å²) in [4.78, 5) is 27.5. The van der Waals surface area contributed by atoms with E-state index >= 15 is 0 Å². The summed E-state index contributed by atoms with van der Waals surface area (Å²) in [6.07, 6.45) is 4.69. The lowest BCUT2D eigenvalue weighted by atomic mass is 10.3. The van der Waals surface area contributed by atoms with Crippen LogP contribution >= 0.6 is 0 Å². The summed E-state index contributed by atoms with van der Waals surface area (Å²) in [6.45, 7) is 3.23. The van der Waals surface area contributed by atoms with Crippen LogP contribution in [0.1, 0.15) is 23.1 Å². The Kier molecular flexibility index (Phi) is 4.73. The predicted molar refractivity (Wildman–Crippen MR) is 88.0 cm³/mol. The molecular formula is C14H17N9O3. The first kappa shape index (κ1) is 17.3. The molecule has 3 aromatic rings. The summed E-state index contributed by atoms with van der Waals surface area (Å²) >= 11 is 0. The highest BCUT2D eigenvalue weighted by Crippen LogP contribution is 2.06. The highest BCUT2D eigenvalue weighted by atomic mass is 16.6. The molecule has 26 heavy (non-hydrogen) atoms. The molecule has 0 aliphatic carbocycles. The molecule has 0 aromatic carbocycles. The largest absolute Gasteiger partial charge is 0.491 e. The molecule has 0 bridgehead atoms. The topological polar surface area (TPSA) is 130 Å². The Balaban J connectivity index is 1.63. The molecule has 0 N–H and O–H groups in total. The van der Waals surface area contributed by atoms with Crippen molar-refractivity contribution in [3.05, 3.63) is 52.4 Å². The maximum atomic E-state index is 12.5. The van der Waals surface area contributed by atoms with Crippen molar-refractivity contribution in [3.8, 4) is 0 Å². The van der Waals surface area contributed by atoms with Crippen molar-refractivity contribution >= 4 is 11.9 Å². The number of carbonyl (C=O) groups is 1. The maximum Gasteiger partial charge on any atom is 0.491 e. The average Bonchev–Trinajstić information content (AvgIpc) is 3.35. The van der Waals surface area contributed by atoms with Crippen LogP contribution in [0.3, 0.4) is 0 Å². The minimum atomic E-state index is -0.677. The quantitative estimate of drug-likeness (QED) is 0.440. The highest BCUT2D eigenvalue weighted by molar-refractivity contribution is 5.91. The summed E-state index contributed by atoms with van der Waals surface area (Å²) < 4.78 is 4.51. The molecule has 0 aliphatic rings. The predicted octanol–water partition coefficient (Wildman–Crippen LogP) is 0.377. The van der Waals surface area contributed by atoms with Gasteiger partial charge < -0.3 is 15.0 Å². The molecule has 0 aliphatic heterocycles. The van der Waals surface area contributed by atoms with E-state index in [0.717, 1.165) is 12.2 Å². The normalized spacial score (nSPS) is 10.8. The monoisotopic (exact) mass is 359 g/mol. The third kappa shape index (κ3) is 3.74. The van der Waals surface area contributed by atoms with Gasteiger partial charge in [0.15, 0.2) is 6.67 Å². The van der Waals surface area contributed by atoms with Gasteiger partial charge in [-0.05, 0) is 24.0 Å². The number of aryl methyl sites for hydroxylation is 1. The molecule has 1 amide bonds. The Morgan fingerprint density at radius 2 is 1.96 bits per heavy atom. The Labute approximate surface area is 147 Å². The Morgan fingerprint density at radius 3 is 2.62 bits per heavy atom. The van der Waals surface area contributed by atoms with Crippen LogP contribution in [0.2, 0.25) is 0 Å². The molecule has 12 heteroatoms. The van der Waals surface area contributed by atoms with E-state index in [2.05, 4.69) is 20.3 Å². The van der Waals surface area contributed by atoms with Crippen molar-refractivity contribution in [3.63, 3.8) is 0 Å². The third-order valence-corrected chi connectivity index (χ3v) is 3.60. The molecule has 3 aromatic heterocycles. The van der Waals surface area contributed by atoms with Gasteiger partial charge in [0.25, 0.3) is 5.91 Å². The van der Waals surface area contributed by atoms with Crippen molar-refractivity contribution in [1.29, 1.82) is 0 Å². The number of amides is 1. The fourth-order valence-electron chi connectivity index (χ4n) is 2.31. The van der Waals surface area contributed by atoms with Crippen LogP contribution in [0.25, 0.3) is 0 Å². The number of hydrogen-bond donors (Lipinski definition) is 0. The second-order valence-electron chi connectivity index (χ2n) is 5.55. The van der Waals surface area contributed by atoms with Gasteiger partial charge in [0.05, 0.1) is 12.2 Å². The van der Waals surface area contributed by atoms with Gasteiger partial charge in [-0.3, -0.25) is 9.48 Å². The second kappa shape index (κ2) is 7.13. The molecule has 3 heterocycles. The maximum absolute atomic E-state index is 12.5. The van der Waals surface area contributed by atoms with Crippen molar-refractivity contribution in [2.24, 2.45) is 0 Å². The van der Waals surface area contributed by atoms with Crippen LogP contribution in [0.5, 0.6) is 0 Å². The van der Waals surface area contributed by atoms with E-state index in [9.17, 15) is 14.9 Å². The minimum Gasteiger partial charge on any atom is -0.390 e. The van der Waals surface area contributed by atoms with Crippen LogP contribution in [0, 0.1) is 10.1 Å². The minimum absolute atomic E-state index is 0.110. The number of nitrogens with zero attached hydrogens (tertiary/aromatic N) is 9. The fourth-order valence-corrected chi connectivity index (χ4v) is 2.31. The molecule has 136 valence electrons. The summed E-state index contributed by atoms with van der Waals surface area (Å²) in [6, 6.07) is 3.44. The molecule has 0 spiro atoms. The van der Waals surface area contributed by atoms with Crippen LogP contribution in [-0.2, 0) is 19.8 Å². The van der Waals surface area contributed by atoms with Gasteiger partial charge in [-0.2, -0.15) is 14.9 Å². The van der Waals surface area contributed by atoms with Crippen LogP contribution in [0.4, 0.5) is 5.95 Å². The van der Waals surface area contributed by atoms with Crippen molar-refractivity contribution in [2.75, 3.05) is 7.05 Å². The van der Waals surface area contributed by atoms with E-state index in [1.165, 1.54) is 20.6 Å². The van der Waals surface area contributed by atoms with Gasteiger partial charge in [-0.25, -0.2) is 4.68 Å². The van der Waals surface area contributed by atoms with Crippen LogP contribution in [0.15, 0.2) is 30.9 Å². The second-order valence-corrected chi connectivity index (χ2v) is 5.55. The first-order valence-electron chi connectivity index (χ1n) is 7.81. The lowest BCUT2D eigenvalue weighted by Crippen LogP contribution is -2.27. The van der Waals surface area contributed by atoms with Gasteiger partial charge in [-0.15, -0.1) is 0 Å². The molecule has 3 rings (SSSR count). The van der Waals surface area contributed by atoms with Gasteiger partial charge in [0.2, 0.25) is 6.33 Å². The summed E-state index contributed by atoms with van der Waals surface area (Å²) in [5.41, 5.74) is 1.05. The molecule has 0 fully saturated rings. The zero-order chi connectivity index (χ0) is 18.7.